The molecule has 3 N–H and O–H groups in total. The third-order valence-corrected chi connectivity index (χ3v) is 4.30. The van der Waals surface area contributed by atoms with Crippen molar-refractivity contribution < 1.29 is 14.6 Å². The van der Waals surface area contributed by atoms with E-state index in [-0.39, 0.29) is 11.9 Å². The number of amides is 1. The Kier molecular flexibility index (Phi) is 5.15. The quantitative estimate of drug-likeness (QED) is 0.660. The molecule has 1 aliphatic rings. The van der Waals surface area contributed by atoms with Crippen LogP contribution in [0.15, 0.2) is 24.3 Å². The lowest BCUT2D eigenvalue weighted by atomic mass is 10.2. The summed E-state index contributed by atoms with van der Waals surface area (Å²) in [6.45, 7) is 8.63. The summed E-state index contributed by atoms with van der Waals surface area (Å²) >= 11 is 0. The van der Waals surface area contributed by atoms with Gasteiger partial charge in [-0.25, -0.2) is 0 Å². The maximum absolute atomic E-state index is 12.4. The molecule has 4 nitrogen and oxygen atoms in total. The van der Waals surface area contributed by atoms with Crippen LogP contribution >= 0.6 is 0 Å². The van der Waals surface area contributed by atoms with Crippen molar-refractivity contribution in [2.45, 2.75) is 26.3 Å². The van der Waals surface area contributed by atoms with Crippen LogP contribution in [-0.2, 0) is 4.79 Å². The fraction of sp³-hybridized carbons (Fsp3) is 0.562. The van der Waals surface area contributed by atoms with Crippen molar-refractivity contribution in [3.63, 3.8) is 0 Å². The van der Waals surface area contributed by atoms with Crippen molar-refractivity contribution in [3.8, 4) is 0 Å². The van der Waals surface area contributed by atoms with Crippen LogP contribution in [0.1, 0.15) is 18.9 Å². The molecule has 110 valence electrons. The Balaban J connectivity index is 1.92. The number of benzene rings is 1. The zero-order chi connectivity index (χ0) is 14.5. The standard InChI is InChI=1S/C16H25N3O/c1-13-5-7-15(8-6-13)17-16(20)14(2)19-10-4-9-18(3)11-12-19/h5-8,14H,4,9-12H2,1-3H3,(H,17,20)/p+2/t14-/m0/s1. The SMILES string of the molecule is Cc1ccc(NC(=O)[C@H](C)[NH+]2CCC[NH+](C)CC2)cc1. The van der Waals surface area contributed by atoms with Crippen molar-refractivity contribution >= 4 is 11.6 Å². The lowest BCUT2D eigenvalue weighted by molar-refractivity contribution is -0.938. The van der Waals surface area contributed by atoms with E-state index in [9.17, 15) is 4.79 Å². The van der Waals surface area contributed by atoms with Crippen LogP contribution in [0.25, 0.3) is 0 Å². The van der Waals surface area contributed by atoms with Gasteiger partial charge in [-0.2, -0.15) is 0 Å². The zero-order valence-corrected chi connectivity index (χ0v) is 12.8. The van der Waals surface area contributed by atoms with E-state index >= 15 is 0 Å². The first-order chi connectivity index (χ1) is 9.56. The molecule has 0 spiro atoms. The lowest BCUT2D eigenvalue weighted by Gasteiger charge is -2.23. The third-order valence-electron chi connectivity index (χ3n) is 4.30. The minimum absolute atomic E-state index is 0.0159. The Morgan fingerprint density at radius 3 is 2.55 bits per heavy atom. The molecule has 0 saturated carbocycles. The van der Waals surface area contributed by atoms with Gasteiger partial charge in [-0.3, -0.25) is 4.79 Å². The maximum Gasteiger partial charge on any atom is 0.282 e. The van der Waals surface area contributed by atoms with Crippen molar-refractivity contribution in [1.82, 2.24) is 0 Å². The van der Waals surface area contributed by atoms with Gasteiger partial charge in [-0.15, -0.1) is 0 Å². The maximum atomic E-state index is 12.4. The molecule has 1 aromatic rings. The second-order valence-corrected chi connectivity index (χ2v) is 6.05. The zero-order valence-electron chi connectivity index (χ0n) is 12.8. The molecule has 3 atom stereocenters. The molecule has 1 fully saturated rings. The molecule has 1 heterocycles. The number of anilines is 1. The van der Waals surface area contributed by atoms with Crippen LogP contribution in [-0.4, -0.2) is 45.2 Å². The second kappa shape index (κ2) is 6.86. The van der Waals surface area contributed by atoms with E-state index in [0.29, 0.717) is 0 Å². The molecule has 2 unspecified atom stereocenters. The van der Waals surface area contributed by atoms with Crippen LogP contribution in [0, 0.1) is 6.92 Å². The Labute approximate surface area is 121 Å². The van der Waals surface area contributed by atoms with Crippen LogP contribution in [0.5, 0.6) is 0 Å². The van der Waals surface area contributed by atoms with Gasteiger partial charge in [0.25, 0.3) is 5.91 Å². The number of carbonyl (C=O) groups is 1. The number of likely N-dealkylation sites (N-methyl/N-ethyl adjacent to an activating group) is 1. The second-order valence-electron chi connectivity index (χ2n) is 6.05. The molecular weight excluding hydrogens is 250 g/mol. The Morgan fingerprint density at radius 2 is 1.85 bits per heavy atom. The van der Waals surface area contributed by atoms with E-state index in [0.717, 1.165) is 25.3 Å². The average Bonchev–Trinajstić information content (AvgIpc) is 2.65. The highest BCUT2D eigenvalue weighted by molar-refractivity contribution is 5.93. The van der Waals surface area contributed by atoms with Gasteiger partial charge < -0.3 is 15.1 Å². The molecule has 0 bridgehead atoms. The van der Waals surface area contributed by atoms with Gasteiger partial charge >= 0.3 is 0 Å². The van der Waals surface area contributed by atoms with E-state index in [1.807, 2.05) is 31.2 Å². The summed E-state index contributed by atoms with van der Waals surface area (Å²) in [5.74, 6) is 0.128. The van der Waals surface area contributed by atoms with E-state index in [1.54, 1.807) is 4.90 Å². The minimum atomic E-state index is 0.0159. The van der Waals surface area contributed by atoms with Gasteiger partial charge in [0.05, 0.1) is 20.1 Å². The number of carbonyl (C=O) groups excluding carboxylic acids is 1. The van der Waals surface area contributed by atoms with E-state index in [1.165, 1.54) is 23.4 Å². The van der Waals surface area contributed by atoms with E-state index < -0.39 is 0 Å². The number of nitrogens with one attached hydrogen (secondary N) is 3. The Morgan fingerprint density at radius 1 is 1.15 bits per heavy atom. The fourth-order valence-electron chi connectivity index (χ4n) is 2.75. The number of hydrogen-bond acceptors (Lipinski definition) is 1. The van der Waals surface area contributed by atoms with Crippen molar-refractivity contribution in [3.05, 3.63) is 29.8 Å². The Bertz CT molecular complexity index is 444. The van der Waals surface area contributed by atoms with Gasteiger partial charge in [0.2, 0.25) is 0 Å². The predicted octanol–water partition coefficient (Wildman–Crippen LogP) is -0.875. The van der Waals surface area contributed by atoms with Gasteiger partial charge in [0.15, 0.2) is 6.04 Å². The average molecular weight is 277 g/mol. The molecule has 0 aromatic heterocycles. The summed E-state index contributed by atoms with van der Waals surface area (Å²) in [7, 11) is 2.24. The van der Waals surface area contributed by atoms with Crippen LogP contribution in [0.3, 0.4) is 0 Å². The smallest absolute Gasteiger partial charge is 0.282 e. The third kappa shape index (κ3) is 4.05. The molecular formula is C16H27N3O+2. The van der Waals surface area contributed by atoms with Gasteiger partial charge in [-0.05, 0) is 26.0 Å². The normalized spacial score (nSPS) is 24.8. The number of quaternary nitrogens is 2. The van der Waals surface area contributed by atoms with E-state index in [4.69, 9.17) is 0 Å². The first-order valence-electron chi connectivity index (χ1n) is 7.59. The summed E-state index contributed by atoms with van der Waals surface area (Å²) < 4.78 is 0. The van der Waals surface area contributed by atoms with Crippen LogP contribution < -0.4 is 15.1 Å². The summed E-state index contributed by atoms with van der Waals surface area (Å²) in [6, 6.07) is 8.00. The predicted molar refractivity (Wildman–Crippen MR) is 81.2 cm³/mol. The first kappa shape index (κ1) is 15.0. The molecule has 4 heteroatoms. The molecule has 1 aliphatic heterocycles. The summed E-state index contributed by atoms with van der Waals surface area (Å²) in [5, 5.41) is 3.03. The molecule has 20 heavy (non-hydrogen) atoms. The molecule has 0 radical (unpaired) electrons. The molecule has 1 saturated heterocycles. The van der Waals surface area contributed by atoms with Gasteiger partial charge in [0.1, 0.15) is 13.1 Å². The summed E-state index contributed by atoms with van der Waals surface area (Å²) in [5.41, 5.74) is 2.10. The van der Waals surface area contributed by atoms with Crippen molar-refractivity contribution in [2.24, 2.45) is 0 Å². The topological polar surface area (TPSA) is 38.0 Å². The monoisotopic (exact) mass is 277 g/mol. The van der Waals surface area contributed by atoms with Crippen molar-refractivity contribution in [2.75, 3.05) is 38.5 Å². The highest BCUT2D eigenvalue weighted by atomic mass is 16.2. The fourth-order valence-corrected chi connectivity index (χ4v) is 2.75. The van der Waals surface area contributed by atoms with Gasteiger partial charge in [-0.1, -0.05) is 17.7 Å². The van der Waals surface area contributed by atoms with E-state index in [2.05, 4.69) is 19.3 Å². The van der Waals surface area contributed by atoms with Crippen LogP contribution in [0.4, 0.5) is 5.69 Å². The number of rotatable bonds is 3. The Hall–Kier alpha value is -1.39. The van der Waals surface area contributed by atoms with Crippen molar-refractivity contribution in [1.29, 1.82) is 0 Å². The molecule has 1 amide bonds. The number of aryl methyl sites for hydroxylation is 1. The molecule has 0 aliphatic carbocycles. The lowest BCUT2D eigenvalue weighted by Crippen LogP contribution is -3.19. The van der Waals surface area contributed by atoms with Crippen LogP contribution in [0.2, 0.25) is 0 Å². The van der Waals surface area contributed by atoms with Gasteiger partial charge in [0, 0.05) is 12.1 Å². The minimum Gasteiger partial charge on any atom is -0.333 e. The number of hydrogen-bond donors (Lipinski definition) is 3. The highest BCUT2D eigenvalue weighted by Gasteiger charge is 2.27. The summed E-state index contributed by atoms with van der Waals surface area (Å²) in [4.78, 5) is 15.3. The highest BCUT2D eigenvalue weighted by Crippen LogP contribution is 2.08. The molecule has 1 aromatic carbocycles. The largest absolute Gasteiger partial charge is 0.333 e. The first-order valence-corrected chi connectivity index (χ1v) is 7.59. The summed E-state index contributed by atoms with van der Waals surface area (Å²) in [6.07, 6.45) is 1.20. The molecule has 2 rings (SSSR count).